The van der Waals surface area contributed by atoms with Crippen LogP contribution in [0.3, 0.4) is 0 Å². The number of carbonyl (C=O) groups excluding carboxylic acids is 1. The Morgan fingerprint density at radius 1 is 1.19 bits per heavy atom. The van der Waals surface area contributed by atoms with Crippen molar-refractivity contribution in [1.82, 2.24) is 29.7 Å². The van der Waals surface area contributed by atoms with Gasteiger partial charge < -0.3 is 24.3 Å². The Labute approximate surface area is 211 Å². The van der Waals surface area contributed by atoms with Crippen LogP contribution in [-0.2, 0) is 0 Å². The van der Waals surface area contributed by atoms with Crippen molar-refractivity contribution in [2.24, 2.45) is 5.92 Å². The molecule has 9 nitrogen and oxygen atoms in total. The number of alkyl halides is 1. The molecule has 5 aromatic heterocycles. The van der Waals surface area contributed by atoms with Gasteiger partial charge in [-0.2, -0.15) is 4.39 Å². The van der Waals surface area contributed by atoms with Gasteiger partial charge in [0.25, 0.3) is 11.8 Å². The van der Waals surface area contributed by atoms with Crippen LogP contribution in [-0.4, -0.2) is 55.7 Å². The Bertz CT molecular complexity index is 1580. The SMILES string of the molecule is O=C(NCC1CC1)c1ccc(-c2cc3[nH]ccc3nc2OC2(F)CN(c3cn4ccccc4n3)C2)cn1. The second-order valence-corrected chi connectivity index (χ2v) is 9.74. The molecule has 0 unspecified atom stereocenters. The highest BCUT2D eigenvalue weighted by Gasteiger charge is 2.48. The van der Waals surface area contributed by atoms with Gasteiger partial charge in [0.1, 0.15) is 17.2 Å². The third-order valence-electron chi connectivity index (χ3n) is 6.86. The quantitative estimate of drug-likeness (QED) is 0.353. The lowest BCUT2D eigenvalue weighted by molar-refractivity contribution is -0.0863. The van der Waals surface area contributed by atoms with Crippen LogP contribution in [0.5, 0.6) is 5.88 Å². The molecule has 0 bridgehead atoms. The van der Waals surface area contributed by atoms with Gasteiger partial charge in [0, 0.05) is 36.3 Å². The van der Waals surface area contributed by atoms with Crippen LogP contribution in [0.4, 0.5) is 10.2 Å². The molecule has 7 rings (SSSR count). The summed E-state index contributed by atoms with van der Waals surface area (Å²) in [6, 6.07) is 12.9. The number of amides is 1. The summed E-state index contributed by atoms with van der Waals surface area (Å²) in [4.78, 5) is 30.9. The predicted octanol–water partition coefficient (Wildman–Crippen LogP) is 3.98. The van der Waals surface area contributed by atoms with Crippen molar-refractivity contribution in [2.45, 2.75) is 18.7 Å². The molecular weight excluding hydrogens is 473 g/mol. The van der Waals surface area contributed by atoms with Crippen LogP contribution < -0.4 is 15.0 Å². The van der Waals surface area contributed by atoms with Gasteiger partial charge in [-0.15, -0.1) is 0 Å². The molecule has 2 fully saturated rings. The van der Waals surface area contributed by atoms with Crippen LogP contribution in [0.25, 0.3) is 27.8 Å². The average molecular weight is 498 g/mol. The summed E-state index contributed by atoms with van der Waals surface area (Å²) in [5.74, 6) is -0.659. The minimum atomic E-state index is -1.92. The molecule has 1 amide bonds. The summed E-state index contributed by atoms with van der Waals surface area (Å²) in [6.45, 7) is 0.737. The predicted molar refractivity (Wildman–Crippen MR) is 136 cm³/mol. The Morgan fingerprint density at radius 3 is 2.86 bits per heavy atom. The maximum atomic E-state index is 15.7. The summed E-state index contributed by atoms with van der Waals surface area (Å²) in [7, 11) is 0. The molecule has 0 spiro atoms. The van der Waals surface area contributed by atoms with E-state index >= 15 is 4.39 Å². The van der Waals surface area contributed by atoms with E-state index in [1.165, 1.54) is 0 Å². The molecule has 2 N–H and O–H groups in total. The number of nitrogens with zero attached hydrogens (tertiary/aromatic N) is 5. The normalized spacial score (nSPS) is 16.6. The number of hydrogen-bond acceptors (Lipinski definition) is 6. The summed E-state index contributed by atoms with van der Waals surface area (Å²) >= 11 is 0. The first kappa shape index (κ1) is 21.8. The van der Waals surface area contributed by atoms with Crippen molar-refractivity contribution in [3.05, 3.63) is 72.9 Å². The first-order valence-electron chi connectivity index (χ1n) is 12.3. The number of carbonyl (C=O) groups is 1. The number of hydrogen-bond donors (Lipinski definition) is 2. The Kier molecular flexibility index (Phi) is 4.88. The zero-order chi connectivity index (χ0) is 25.0. The van der Waals surface area contributed by atoms with Crippen molar-refractivity contribution >= 4 is 28.4 Å². The fraction of sp³-hybridized carbons (Fsp3) is 0.259. The number of ether oxygens (including phenoxy) is 1. The van der Waals surface area contributed by atoms with Crippen LogP contribution in [0.2, 0.25) is 0 Å². The number of rotatable bonds is 7. The van der Waals surface area contributed by atoms with E-state index in [0.717, 1.165) is 24.0 Å². The highest BCUT2D eigenvalue weighted by molar-refractivity contribution is 5.93. The fourth-order valence-corrected chi connectivity index (χ4v) is 4.58. The van der Waals surface area contributed by atoms with Crippen LogP contribution >= 0.6 is 0 Å². The van der Waals surface area contributed by atoms with E-state index < -0.39 is 5.85 Å². The van der Waals surface area contributed by atoms with E-state index in [1.54, 1.807) is 24.5 Å². The maximum Gasteiger partial charge on any atom is 0.284 e. The number of imidazole rings is 1. The van der Waals surface area contributed by atoms with Gasteiger partial charge in [0.05, 0.1) is 30.3 Å². The minimum Gasteiger partial charge on any atom is -0.436 e. The molecule has 2 aliphatic rings. The van der Waals surface area contributed by atoms with Crippen LogP contribution in [0.1, 0.15) is 23.3 Å². The first-order chi connectivity index (χ1) is 18.0. The smallest absolute Gasteiger partial charge is 0.284 e. The number of H-pyrrole nitrogens is 1. The van der Waals surface area contributed by atoms with Crippen molar-refractivity contribution in [1.29, 1.82) is 0 Å². The van der Waals surface area contributed by atoms with E-state index in [1.807, 2.05) is 52.0 Å². The van der Waals surface area contributed by atoms with Gasteiger partial charge in [-0.05, 0) is 49.1 Å². The van der Waals surface area contributed by atoms with Crippen molar-refractivity contribution in [3.63, 3.8) is 0 Å². The second-order valence-electron chi connectivity index (χ2n) is 9.74. The average Bonchev–Trinajstić information content (AvgIpc) is 3.44. The lowest BCUT2D eigenvalue weighted by Gasteiger charge is -2.43. The molecule has 37 heavy (non-hydrogen) atoms. The van der Waals surface area contributed by atoms with Crippen LogP contribution in [0, 0.1) is 5.92 Å². The van der Waals surface area contributed by atoms with E-state index in [-0.39, 0.29) is 24.9 Å². The zero-order valence-corrected chi connectivity index (χ0v) is 19.9. The number of aromatic nitrogens is 5. The summed E-state index contributed by atoms with van der Waals surface area (Å²) in [6.07, 6.45) is 9.48. The van der Waals surface area contributed by atoms with E-state index in [0.29, 0.717) is 40.6 Å². The lowest BCUT2D eigenvalue weighted by Crippen LogP contribution is -2.62. The highest BCUT2D eigenvalue weighted by Crippen LogP contribution is 2.37. The largest absolute Gasteiger partial charge is 0.436 e. The van der Waals surface area contributed by atoms with Gasteiger partial charge in [-0.25, -0.2) is 9.97 Å². The zero-order valence-electron chi connectivity index (χ0n) is 19.9. The number of anilines is 1. The molecular formula is C27H24FN7O2. The van der Waals surface area contributed by atoms with E-state index in [4.69, 9.17) is 4.74 Å². The molecule has 0 aromatic carbocycles. The van der Waals surface area contributed by atoms with Gasteiger partial charge >= 0.3 is 0 Å². The number of fused-ring (bicyclic) bond motifs is 2. The van der Waals surface area contributed by atoms with Crippen molar-refractivity contribution < 1.29 is 13.9 Å². The maximum absolute atomic E-state index is 15.7. The molecule has 1 aliphatic heterocycles. The number of pyridine rings is 3. The number of nitrogens with one attached hydrogen (secondary N) is 2. The topological polar surface area (TPSA) is 100 Å². The molecule has 1 aliphatic carbocycles. The van der Waals surface area contributed by atoms with E-state index in [2.05, 4.69) is 25.3 Å². The Hall–Kier alpha value is -4.47. The monoisotopic (exact) mass is 497 g/mol. The molecule has 5 aromatic rings. The molecule has 0 atom stereocenters. The summed E-state index contributed by atoms with van der Waals surface area (Å²) in [5, 5.41) is 2.92. The molecule has 186 valence electrons. The lowest BCUT2D eigenvalue weighted by atomic mass is 10.1. The van der Waals surface area contributed by atoms with Crippen LogP contribution in [0.15, 0.2) is 67.3 Å². The first-order valence-corrected chi connectivity index (χ1v) is 12.3. The summed E-state index contributed by atoms with van der Waals surface area (Å²) in [5.41, 5.74) is 3.87. The third kappa shape index (κ3) is 4.14. The number of aromatic amines is 1. The minimum absolute atomic E-state index is 0.0293. The second kappa shape index (κ2) is 8.29. The van der Waals surface area contributed by atoms with E-state index in [9.17, 15) is 4.79 Å². The van der Waals surface area contributed by atoms with Gasteiger partial charge in [0.15, 0.2) is 0 Å². The third-order valence-corrected chi connectivity index (χ3v) is 6.86. The molecule has 1 saturated heterocycles. The standard InChI is InChI=1S/C27H24FN7O2/c28-27(15-35(16-27)24-14-34-10-2-1-3-23(34)33-24)37-26-19(11-22-20(32-26)8-9-29-22)18-6-7-21(30-13-18)25(36)31-12-17-4-5-17/h1-3,6-11,13-14,17,29H,4-5,12,15-16H2,(H,31,36). The molecule has 1 saturated carbocycles. The molecule has 6 heterocycles. The van der Waals surface area contributed by atoms with Crippen molar-refractivity contribution in [3.8, 4) is 17.0 Å². The highest BCUT2D eigenvalue weighted by atomic mass is 19.2. The fourth-order valence-electron chi connectivity index (χ4n) is 4.58. The van der Waals surface area contributed by atoms with Gasteiger partial charge in [-0.3, -0.25) is 9.78 Å². The molecule has 10 heteroatoms. The van der Waals surface area contributed by atoms with Crippen molar-refractivity contribution in [2.75, 3.05) is 24.5 Å². The molecule has 0 radical (unpaired) electrons. The van der Waals surface area contributed by atoms with Gasteiger partial charge in [-0.1, -0.05) is 12.1 Å². The number of halogens is 1. The Morgan fingerprint density at radius 2 is 2.08 bits per heavy atom. The summed E-state index contributed by atoms with van der Waals surface area (Å²) < 4.78 is 23.5. The van der Waals surface area contributed by atoms with Gasteiger partial charge in [0.2, 0.25) is 5.88 Å². The Balaban J connectivity index is 1.13.